The van der Waals surface area contributed by atoms with Crippen LogP contribution in [0.2, 0.25) is 0 Å². The fraction of sp³-hybridized carbons (Fsp3) is 0.500. The molecule has 8 nitrogen and oxygen atoms in total. The van der Waals surface area contributed by atoms with Crippen molar-refractivity contribution >= 4 is 24.0 Å². The largest absolute Gasteiger partial charge is 0.508 e. The van der Waals surface area contributed by atoms with E-state index in [1.165, 1.54) is 0 Å². The van der Waals surface area contributed by atoms with Gasteiger partial charge >= 0.3 is 6.09 Å². The fourth-order valence-corrected chi connectivity index (χ4v) is 5.26. The van der Waals surface area contributed by atoms with Crippen LogP contribution in [-0.2, 0) is 14.3 Å². The molecule has 184 valence electrons. The van der Waals surface area contributed by atoms with Gasteiger partial charge in [-0.2, -0.15) is 4.90 Å². The number of rotatable bonds is 8. The van der Waals surface area contributed by atoms with E-state index in [9.17, 15) is 29.7 Å². The van der Waals surface area contributed by atoms with E-state index in [1.807, 2.05) is 26.0 Å². The van der Waals surface area contributed by atoms with E-state index in [0.29, 0.717) is 29.7 Å². The fourth-order valence-electron chi connectivity index (χ4n) is 5.26. The minimum absolute atomic E-state index is 0.176. The number of aliphatic hydroxyl groups excluding tert-OH is 2. The van der Waals surface area contributed by atoms with Gasteiger partial charge in [0.05, 0.1) is 31.7 Å². The second-order valence-corrected chi connectivity index (χ2v) is 9.06. The number of aromatic hydroxyl groups is 1. The molecule has 8 heteroatoms. The first-order valence-electron chi connectivity index (χ1n) is 11.7. The van der Waals surface area contributed by atoms with Crippen molar-refractivity contribution in [2.75, 3.05) is 13.7 Å². The molecule has 1 aliphatic heterocycles. The van der Waals surface area contributed by atoms with Gasteiger partial charge in [-0.1, -0.05) is 42.7 Å². The van der Waals surface area contributed by atoms with Gasteiger partial charge in [-0.3, -0.25) is 9.59 Å². The van der Waals surface area contributed by atoms with Crippen molar-refractivity contribution in [2.45, 2.75) is 52.1 Å². The summed E-state index contributed by atoms with van der Waals surface area (Å²) in [7, 11) is 1.11. The molecule has 0 aromatic heterocycles. The number of phenols is 1. The van der Waals surface area contributed by atoms with E-state index in [2.05, 4.69) is 4.74 Å². The zero-order valence-electron chi connectivity index (χ0n) is 19.9. The van der Waals surface area contributed by atoms with Gasteiger partial charge < -0.3 is 20.1 Å². The number of allylic oxidation sites excluding steroid dienone is 2. The Morgan fingerprint density at radius 2 is 2.03 bits per heavy atom. The highest BCUT2D eigenvalue weighted by atomic mass is 16.5. The first-order valence-corrected chi connectivity index (χ1v) is 11.7. The van der Waals surface area contributed by atoms with Gasteiger partial charge in [-0.15, -0.1) is 0 Å². The third-order valence-corrected chi connectivity index (χ3v) is 6.74. The van der Waals surface area contributed by atoms with Crippen molar-refractivity contribution in [1.29, 1.82) is 0 Å². The van der Waals surface area contributed by atoms with Crippen molar-refractivity contribution in [3.8, 4) is 5.75 Å². The number of likely N-dealkylation sites (tertiary alicyclic amines) is 1. The zero-order valence-corrected chi connectivity index (χ0v) is 19.9. The highest BCUT2D eigenvalue weighted by Crippen LogP contribution is 2.47. The molecular formula is C26H33NO7. The van der Waals surface area contributed by atoms with Crippen LogP contribution in [0, 0.1) is 17.8 Å². The number of amides is 3. The first-order chi connectivity index (χ1) is 16.2. The molecule has 1 aliphatic carbocycles. The number of hydrogen-bond donors (Lipinski definition) is 3. The molecule has 3 rings (SSSR count). The lowest BCUT2D eigenvalue weighted by Crippen LogP contribution is -2.40. The number of methoxy groups -OCH3 is 1. The van der Waals surface area contributed by atoms with Gasteiger partial charge in [0.2, 0.25) is 11.8 Å². The molecule has 1 saturated heterocycles. The SMILES string of the molecule is CCCC1=C([C@H](O)CC/C(C)=C/c2cccc(O)c2)[C@H](CO)[C@@H]2C(=O)N(C(=O)OC)C(=O)[C@@H]2C1. The Bertz CT molecular complexity index is 1010. The summed E-state index contributed by atoms with van der Waals surface area (Å²) < 4.78 is 4.62. The van der Waals surface area contributed by atoms with E-state index in [1.54, 1.807) is 18.2 Å². The second-order valence-electron chi connectivity index (χ2n) is 9.06. The Balaban J connectivity index is 1.85. The van der Waals surface area contributed by atoms with Gasteiger partial charge in [-0.05, 0) is 55.9 Å². The number of carbonyl (C=O) groups excluding carboxylic acids is 3. The third kappa shape index (κ3) is 5.08. The summed E-state index contributed by atoms with van der Waals surface area (Å²) >= 11 is 0. The van der Waals surface area contributed by atoms with Gasteiger partial charge in [0.15, 0.2) is 0 Å². The average Bonchev–Trinajstić information content (AvgIpc) is 3.06. The first kappa shape index (κ1) is 25.6. The number of carbonyl (C=O) groups is 3. The predicted molar refractivity (Wildman–Crippen MR) is 125 cm³/mol. The van der Waals surface area contributed by atoms with Crippen LogP contribution in [0.1, 0.15) is 51.5 Å². The van der Waals surface area contributed by atoms with Crippen molar-refractivity contribution in [1.82, 2.24) is 4.90 Å². The number of aliphatic hydroxyl groups is 2. The van der Waals surface area contributed by atoms with Crippen LogP contribution in [0.25, 0.3) is 6.08 Å². The zero-order chi connectivity index (χ0) is 25.0. The Kier molecular flexibility index (Phi) is 8.28. The molecule has 0 radical (unpaired) electrons. The molecule has 1 fully saturated rings. The quantitative estimate of drug-likeness (QED) is 0.392. The molecular weight excluding hydrogens is 438 g/mol. The second kappa shape index (κ2) is 11.0. The molecule has 0 spiro atoms. The number of ether oxygens (including phenoxy) is 1. The highest BCUT2D eigenvalue weighted by molar-refractivity contribution is 6.15. The summed E-state index contributed by atoms with van der Waals surface area (Å²) in [5.41, 5.74) is 3.34. The summed E-state index contributed by atoms with van der Waals surface area (Å²) in [4.78, 5) is 38.5. The maximum absolute atomic E-state index is 13.0. The van der Waals surface area contributed by atoms with E-state index >= 15 is 0 Å². The topological polar surface area (TPSA) is 124 Å². The molecule has 2 aliphatic rings. The maximum Gasteiger partial charge on any atom is 0.423 e. The monoisotopic (exact) mass is 471 g/mol. The molecule has 0 unspecified atom stereocenters. The van der Waals surface area contributed by atoms with Crippen molar-refractivity contribution in [3.63, 3.8) is 0 Å². The summed E-state index contributed by atoms with van der Waals surface area (Å²) in [6.07, 6.45) is 2.63. The molecule has 3 N–H and O–H groups in total. The van der Waals surface area contributed by atoms with Crippen LogP contribution in [0.5, 0.6) is 5.75 Å². The Hall–Kier alpha value is -2.97. The minimum Gasteiger partial charge on any atom is -0.508 e. The molecule has 1 aromatic rings. The Morgan fingerprint density at radius 1 is 1.29 bits per heavy atom. The molecule has 3 amide bonds. The Labute approximate surface area is 199 Å². The lowest BCUT2D eigenvalue weighted by molar-refractivity contribution is -0.137. The van der Waals surface area contributed by atoms with E-state index in [0.717, 1.165) is 30.2 Å². The van der Waals surface area contributed by atoms with Gasteiger partial charge in [0.1, 0.15) is 5.75 Å². The van der Waals surface area contributed by atoms with Gasteiger partial charge in [-0.25, -0.2) is 4.79 Å². The van der Waals surface area contributed by atoms with E-state index in [-0.39, 0.29) is 12.2 Å². The highest BCUT2D eigenvalue weighted by Gasteiger charge is 2.57. The van der Waals surface area contributed by atoms with Crippen LogP contribution in [0.3, 0.4) is 0 Å². The minimum atomic E-state index is -1.02. The van der Waals surface area contributed by atoms with Crippen molar-refractivity contribution in [3.05, 3.63) is 46.5 Å². The van der Waals surface area contributed by atoms with Crippen molar-refractivity contribution < 1.29 is 34.4 Å². The van der Waals surface area contributed by atoms with Crippen molar-refractivity contribution in [2.24, 2.45) is 17.8 Å². The lowest BCUT2D eigenvalue weighted by atomic mass is 9.67. The summed E-state index contributed by atoms with van der Waals surface area (Å²) in [6, 6.07) is 6.88. The summed E-state index contributed by atoms with van der Waals surface area (Å²) in [5, 5.41) is 31.1. The van der Waals surface area contributed by atoms with E-state index in [4.69, 9.17) is 0 Å². The maximum atomic E-state index is 13.0. The van der Waals surface area contributed by atoms with Crippen LogP contribution >= 0.6 is 0 Å². The van der Waals surface area contributed by atoms with Gasteiger partial charge in [0.25, 0.3) is 0 Å². The normalized spacial score (nSPS) is 23.9. The van der Waals surface area contributed by atoms with Crippen LogP contribution in [0.15, 0.2) is 41.0 Å². The number of imide groups is 3. The predicted octanol–water partition coefficient (Wildman–Crippen LogP) is 3.41. The number of phenolic OH excluding ortho intramolecular Hbond substituents is 1. The number of benzene rings is 1. The third-order valence-electron chi connectivity index (χ3n) is 6.74. The molecule has 1 aromatic carbocycles. The van der Waals surface area contributed by atoms with Gasteiger partial charge in [0, 0.05) is 5.92 Å². The molecule has 34 heavy (non-hydrogen) atoms. The number of hydrogen-bond acceptors (Lipinski definition) is 7. The number of fused-ring (bicyclic) bond motifs is 1. The Morgan fingerprint density at radius 3 is 2.65 bits per heavy atom. The molecule has 1 heterocycles. The van der Waals surface area contributed by atoms with Crippen LogP contribution in [-0.4, -0.2) is 57.9 Å². The average molecular weight is 472 g/mol. The molecule has 0 bridgehead atoms. The smallest absolute Gasteiger partial charge is 0.423 e. The number of nitrogens with zero attached hydrogens (tertiary/aromatic N) is 1. The summed E-state index contributed by atoms with van der Waals surface area (Å²) in [5.74, 6) is -3.49. The van der Waals surface area contributed by atoms with E-state index < -0.39 is 48.4 Å². The standard InChI is InChI=1S/C26H33NO7/c1-4-6-17-13-19-23(25(32)27(24(19)31)26(33)34-3)20(14-28)22(17)21(30)10-9-15(2)11-16-7-5-8-18(29)12-16/h5,7-8,11-12,19-21,23,28-30H,4,6,9-10,13-14H2,1-3H3/b15-11+/t19-,20+,21-,23-/m1/s1. The molecule has 0 saturated carbocycles. The summed E-state index contributed by atoms with van der Waals surface area (Å²) in [6.45, 7) is 3.51. The molecule has 4 atom stereocenters. The van der Waals surface area contributed by atoms with Crippen LogP contribution < -0.4 is 0 Å². The lowest BCUT2D eigenvalue weighted by Gasteiger charge is -2.36. The van der Waals surface area contributed by atoms with Crippen LogP contribution in [0.4, 0.5) is 4.79 Å².